The number of fused-ring (bicyclic) bond motifs is 1. The van der Waals surface area contributed by atoms with Crippen molar-refractivity contribution in [3.05, 3.63) is 77.9 Å². The van der Waals surface area contributed by atoms with Crippen LogP contribution in [0.1, 0.15) is 49.7 Å². The standard InChI is InChI=1S/C36H40N2O5S/c39-27-11-16-30-31(35(44-34(30)24-27)26-9-14-28(15-10-26)41-21-19-37-17-3-4-18-37)23-25-7-12-29(13-8-25)43-33-6-2-1-5-32(33)38-20-22-42-36(38)40/h7-16,24,32-33,39H,1-6,17-23H2/t32-,33-/m1/s1. The van der Waals surface area contributed by atoms with Crippen molar-refractivity contribution in [2.75, 3.05) is 39.4 Å². The van der Waals surface area contributed by atoms with Crippen molar-refractivity contribution in [1.29, 1.82) is 0 Å². The first kappa shape index (κ1) is 29.0. The molecular formula is C36H40N2O5S. The Morgan fingerprint density at radius 3 is 2.43 bits per heavy atom. The third-order valence-corrected chi connectivity index (χ3v) is 10.5. The average molecular weight is 613 g/mol. The van der Waals surface area contributed by atoms with Crippen LogP contribution in [0, 0.1) is 0 Å². The number of cyclic esters (lactones) is 1. The Kier molecular flexibility index (Phi) is 8.62. The van der Waals surface area contributed by atoms with E-state index in [1.54, 1.807) is 17.4 Å². The largest absolute Gasteiger partial charge is 0.508 e. The summed E-state index contributed by atoms with van der Waals surface area (Å²) in [6, 6.07) is 22.5. The lowest BCUT2D eigenvalue weighted by atomic mass is 9.91. The van der Waals surface area contributed by atoms with Crippen molar-refractivity contribution >= 4 is 27.5 Å². The second-order valence-electron chi connectivity index (χ2n) is 12.1. The first-order valence-electron chi connectivity index (χ1n) is 16.0. The monoisotopic (exact) mass is 612 g/mol. The second-order valence-corrected chi connectivity index (χ2v) is 13.2. The fraction of sp³-hybridized carbons (Fsp3) is 0.417. The van der Waals surface area contributed by atoms with E-state index in [0.29, 0.717) is 19.8 Å². The molecule has 3 aliphatic rings. The number of amides is 1. The van der Waals surface area contributed by atoms with Crippen LogP contribution in [-0.4, -0.2) is 72.5 Å². The fourth-order valence-corrected chi connectivity index (χ4v) is 8.15. The highest BCUT2D eigenvalue weighted by Crippen LogP contribution is 2.41. The fourth-order valence-electron chi connectivity index (χ4n) is 6.89. The minimum atomic E-state index is -0.215. The van der Waals surface area contributed by atoms with Crippen LogP contribution in [0.2, 0.25) is 0 Å². The van der Waals surface area contributed by atoms with Crippen LogP contribution in [0.4, 0.5) is 4.79 Å². The number of aromatic hydroxyl groups is 1. The van der Waals surface area contributed by atoms with Gasteiger partial charge in [-0.05, 0) is 128 Å². The lowest BCUT2D eigenvalue weighted by molar-refractivity contribution is 0.0572. The molecule has 2 saturated heterocycles. The summed E-state index contributed by atoms with van der Waals surface area (Å²) in [7, 11) is 0. The summed E-state index contributed by atoms with van der Waals surface area (Å²) in [4.78, 5) is 17.8. The number of rotatable bonds is 10. The zero-order valence-corrected chi connectivity index (χ0v) is 25.9. The molecule has 230 valence electrons. The molecule has 0 spiro atoms. The number of hydrogen-bond acceptors (Lipinski definition) is 7. The highest BCUT2D eigenvalue weighted by molar-refractivity contribution is 7.22. The summed E-state index contributed by atoms with van der Waals surface area (Å²) in [5, 5.41) is 11.4. The van der Waals surface area contributed by atoms with Gasteiger partial charge in [0.05, 0.1) is 12.6 Å². The van der Waals surface area contributed by atoms with Crippen molar-refractivity contribution in [3.8, 4) is 27.7 Å². The topological polar surface area (TPSA) is 71.5 Å². The molecule has 0 bridgehead atoms. The normalized spacial score (nSPS) is 20.7. The maximum absolute atomic E-state index is 12.2. The van der Waals surface area contributed by atoms with Crippen molar-refractivity contribution in [3.63, 3.8) is 0 Å². The molecule has 44 heavy (non-hydrogen) atoms. The Morgan fingerprint density at radius 2 is 1.66 bits per heavy atom. The van der Waals surface area contributed by atoms with Crippen molar-refractivity contribution < 1.29 is 24.1 Å². The Bertz CT molecular complexity index is 1580. The van der Waals surface area contributed by atoms with E-state index in [2.05, 4.69) is 53.4 Å². The van der Waals surface area contributed by atoms with Gasteiger partial charge in [0.15, 0.2) is 0 Å². The van der Waals surface area contributed by atoms with E-state index < -0.39 is 0 Å². The molecule has 3 aromatic carbocycles. The van der Waals surface area contributed by atoms with Crippen LogP contribution in [0.15, 0.2) is 66.7 Å². The molecule has 8 heteroatoms. The molecule has 7 rings (SSSR count). The smallest absolute Gasteiger partial charge is 0.410 e. The molecule has 2 aliphatic heterocycles. The van der Waals surface area contributed by atoms with E-state index in [9.17, 15) is 9.90 Å². The predicted octanol–water partition coefficient (Wildman–Crippen LogP) is 7.48. The van der Waals surface area contributed by atoms with Crippen molar-refractivity contribution in [2.24, 2.45) is 0 Å². The molecule has 1 N–H and O–H groups in total. The molecule has 7 nitrogen and oxygen atoms in total. The summed E-state index contributed by atoms with van der Waals surface area (Å²) in [5.74, 6) is 2.01. The summed E-state index contributed by atoms with van der Waals surface area (Å²) < 4.78 is 18.8. The number of nitrogens with zero attached hydrogens (tertiary/aromatic N) is 2. The second kappa shape index (κ2) is 13.1. The van der Waals surface area contributed by atoms with Crippen LogP contribution in [0.25, 0.3) is 20.5 Å². The Hall–Kier alpha value is -3.75. The minimum absolute atomic E-state index is 0.0208. The average Bonchev–Trinajstić information content (AvgIpc) is 3.80. The summed E-state index contributed by atoms with van der Waals surface area (Å²) in [5.41, 5.74) is 3.59. The van der Waals surface area contributed by atoms with Gasteiger partial charge in [0.2, 0.25) is 0 Å². The molecule has 1 amide bonds. The van der Waals surface area contributed by atoms with Crippen LogP contribution in [0.3, 0.4) is 0 Å². The summed E-state index contributed by atoms with van der Waals surface area (Å²) in [6.07, 6.45) is 7.22. The number of carbonyl (C=O) groups is 1. The summed E-state index contributed by atoms with van der Waals surface area (Å²) in [6.45, 7) is 5.15. The first-order chi connectivity index (χ1) is 21.6. The van der Waals surface area contributed by atoms with E-state index >= 15 is 0 Å². The van der Waals surface area contributed by atoms with E-state index in [4.69, 9.17) is 14.2 Å². The summed E-state index contributed by atoms with van der Waals surface area (Å²) >= 11 is 1.72. The van der Waals surface area contributed by atoms with Gasteiger partial charge < -0.3 is 19.3 Å². The Morgan fingerprint density at radius 1 is 0.886 bits per heavy atom. The molecule has 1 saturated carbocycles. The van der Waals surface area contributed by atoms with Gasteiger partial charge in [0, 0.05) is 16.1 Å². The highest BCUT2D eigenvalue weighted by Gasteiger charge is 2.37. The molecule has 1 aliphatic carbocycles. The van der Waals surface area contributed by atoms with Gasteiger partial charge in [-0.1, -0.05) is 18.6 Å². The van der Waals surface area contributed by atoms with E-state index in [-0.39, 0.29) is 24.0 Å². The predicted molar refractivity (Wildman–Crippen MR) is 174 cm³/mol. The lowest BCUT2D eigenvalue weighted by Gasteiger charge is -2.36. The number of benzene rings is 3. The van der Waals surface area contributed by atoms with Crippen LogP contribution in [-0.2, 0) is 11.2 Å². The number of carbonyl (C=O) groups excluding carboxylic acids is 1. The molecule has 0 radical (unpaired) electrons. The van der Waals surface area contributed by atoms with Gasteiger partial charge in [0.25, 0.3) is 0 Å². The first-order valence-corrected chi connectivity index (χ1v) is 16.8. The molecular weight excluding hydrogens is 572 g/mol. The Labute approximate surface area is 263 Å². The van der Waals surface area contributed by atoms with Crippen molar-refractivity contribution in [2.45, 2.75) is 57.1 Å². The molecule has 0 unspecified atom stereocenters. The number of likely N-dealkylation sites (tertiary alicyclic amines) is 1. The molecule has 3 fully saturated rings. The SMILES string of the molecule is O=C1OCCN1[C@@H]1CCCC[C@H]1Oc1ccc(Cc2c(-c3ccc(OCCN4CCCC4)cc3)sc3cc(O)ccc23)cc1. The van der Waals surface area contributed by atoms with E-state index in [0.717, 1.165) is 65.8 Å². The third-order valence-electron chi connectivity index (χ3n) is 9.22. The number of thiophene rings is 1. The number of phenolic OH excluding ortho intramolecular Hbond substituents is 1. The van der Waals surface area contributed by atoms with Crippen LogP contribution in [0.5, 0.6) is 17.2 Å². The van der Waals surface area contributed by atoms with Gasteiger partial charge >= 0.3 is 6.09 Å². The Balaban J connectivity index is 1.07. The minimum Gasteiger partial charge on any atom is -0.508 e. The quantitative estimate of drug-likeness (QED) is 0.200. The van der Waals surface area contributed by atoms with Gasteiger partial charge in [-0.2, -0.15) is 0 Å². The van der Waals surface area contributed by atoms with Crippen molar-refractivity contribution in [1.82, 2.24) is 9.80 Å². The maximum atomic E-state index is 12.2. The third kappa shape index (κ3) is 6.37. The van der Waals surface area contributed by atoms with Crippen LogP contribution < -0.4 is 9.47 Å². The zero-order chi connectivity index (χ0) is 29.9. The molecule has 4 aromatic rings. The molecule has 2 atom stereocenters. The number of phenols is 1. The van der Waals surface area contributed by atoms with Gasteiger partial charge in [-0.25, -0.2) is 4.79 Å². The van der Waals surface area contributed by atoms with Gasteiger partial charge in [0.1, 0.15) is 36.6 Å². The maximum Gasteiger partial charge on any atom is 0.410 e. The zero-order valence-electron chi connectivity index (χ0n) is 25.1. The highest BCUT2D eigenvalue weighted by atomic mass is 32.1. The van der Waals surface area contributed by atoms with E-state index in [1.165, 1.54) is 41.9 Å². The lowest BCUT2D eigenvalue weighted by Crippen LogP contribution is -2.48. The van der Waals surface area contributed by atoms with Gasteiger partial charge in [-0.15, -0.1) is 11.3 Å². The van der Waals surface area contributed by atoms with Gasteiger partial charge in [-0.3, -0.25) is 9.80 Å². The molecule has 3 heterocycles. The number of ether oxygens (including phenoxy) is 3. The van der Waals surface area contributed by atoms with Crippen LogP contribution >= 0.6 is 11.3 Å². The number of hydrogen-bond donors (Lipinski definition) is 1. The molecule has 1 aromatic heterocycles. The van der Waals surface area contributed by atoms with E-state index in [1.807, 2.05) is 17.0 Å².